The van der Waals surface area contributed by atoms with Crippen LogP contribution in [0, 0.1) is 0 Å². The van der Waals surface area contributed by atoms with Crippen LogP contribution in [-0.2, 0) is 25.7 Å². The second-order valence-electron chi connectivity index (χ2n) is 11.7. The molecule has 1 N–H and O–H groups in total. The molecule has 4 aromatic rings. The first kappa shape index (κ1) is 25.5. The average Bonchev–Trinajstić information content (AvgIpc) is 3.01. The number of ether oxygens (including phenoxy) is 5. The van der Waals surface area contributed by atoms with E-state index >= 15 is 0 Å². The van der Waals surface area contributed by atoms with E-state index in [1.165, 1.54) is 27.8 Å². The van der Waals surface area contributed by atoms with Crippen molar-refractivity contribution < 1.29 is 23.7 Å². The van der Waals surface area contributed by atoms with Gasteiger partial charge in [0.05, 0.1) is 14.2 Å². The van der Waals surface area contributed by atoms with E-state index in [1.807, 2.05) is 18.2 Å². The molecule has 4 aromatic carbocycles. The molecule has 0 saturated heterocycles. The highest BCUT2D eigenvalue weighted by Gasteiger charge is 2.35. The number of hydrogen-bond donors (Lipinski definition) is 1. The van der Waals surface area contributed by atoms with Gasteiger partial charge in [-0.05, 0) is 110 Å². The molecule has 7 heteroatoms. The summed E-state index contributed by atoms with van der Waals surface area (Å²) in [6.07, 6.45) is 3.48. The molecule has 0 saturated carbocycles. The summed E-state index contributed by atoms with van der Waals surface area (Å²) in [7, 11) is 5.58. The van der Waals surface area contributed by atoms with Gasteiger partial charge in [0.15, 0.2) is 34.5 Å². The molecule has 5 heterocycles. The Morgan fingerprint density at radius 1 is 0.738 bits per heavy atom. The lowest BCUT2D eigenvalue weighted by atomic mass is 9.87. The number of methoxy groups -OCH3 is 2. The molecule has 2 atom stereocenters. The lowest BCUT2D eigenvalue weighted by Gasteiger charge is -2.37. The van der Waals surface area contributed by atoms with Crippen LogP contribution >= 0.6 is 0 Å². The largest absolute Gasteiger partial charge is 0.493 e. The van der Waals surface area contributed by atoms with Crippen LogP contribution in [0.2, 0.25) is 0 Å². The van der Waals surface area contributed by atoms with Gasteiger partial charge in [-0.3, -0.25) is 4.90 Å². The van der Waals surface area contributed by atoms with E-state index in [0.29, 0.717) is 11.5 Å². The highest BCUT2D eigenvalue weighted by Crippen LogP contribution is 2.56. The van der Waals surface area contributed by atoms with Gasteiger partial charge in [0.25, 0.3) is 0 Å². The Morgan fingerprint density at radius 3 is 2.36 bits per heavy atom. The Bertz CT molecular complexity index is 1700. The van der Waals surface area contributed by atoms with Crippen LogP contribution in [0.3, 0.4) is 0 Å². The van der Waals surface area contributed by atoms with E-state index in [4.69, 9.17) is 23.7 Å². The minimum Gasteiger partial charge on any atom is -0.493 e. The van der Waals surface area contributed by atoms with Crippen LogP contribution in [0.1, 0.15) is 45.5 Å². The summed E-state index contributed by atoms with van der Waals surface area (Å²) in [5, 5.41) is 3.74. The molecule has 214 valence electrons. The highest BCUT2D eigenvalue weighted by molar-refractivity contribution is 5.67. The monoisotopic (exact) mass is 562 g/mol. The SMILES string of the molecule is COc1ccc2cc1Oc1ccc(cc1)C[C@@H]1NCCc3cc(OC)c4c(c31)Oc1cc3c(cc1O4)CCN(C)C3C2. The zero-order chi connectivity index (χ0) is 28.4. The smallest absolute Gasteiger partial charge is 0.212 e. The molecule has 0 fully saturated rings. The number of rotatable bonds is 2. The third kappa shape index (κ3) is 4.18. The van der Waals surface area contributed by atoms with Crippen molar-refractivity contribution in [1.29, 1.82) is 0 Å². The molecule has 7 bridgehead atoms. The van der Waals surface area contributed by atoms with Crippen molar-refractivity contribution in [3.63, 3.8) is 0 Å². The lowest BCUT2D eigenvalue weighted by Crippen LogP contribution is -2.33. The Hall–Kier alpha value is -4.20. The molecule has 0 aliphatic carbocycles. The molecular formula is C35H34N2O5. The van der Waals surface area contributed by atoms with E-state index in [0.717, 1.165) is 78.8 Å². The van der Waals surface area contributed by atoms with Crippen molar-refractivity contribution >= 4 is 0 Å². The molecule has 7 nitrogen and oxygen atoms in total. The van der Waals surface area contributed by atoms with Gasteiger partial charge >= 0.3 is 0 Å². The number of hydrogen-bond acceptors (Lipinski definition) is 7. The maximum atomic E-state index is 6.84. The van der Waals surface area contributed by atoms with Crippen LogP contribution in [0.5, 0.6) is 46.0 Å². The summed E-state index contributed by atoms with van der Waals surface area (Å²) in [6, 6.07) is 21.3. The predicted octanol–water partition coefficient (Wildman–Crippen LogP) is 6.91. The van der Waals surface area contributed by atoms with Gasteiger partial charge in [-0.1, -0.05) is 18.2 Å². The third-order valence-corrected chi connectivity index (χ3v) is 9.18. The van der Waals surface area contributed by atoms with Crippen LogP contribution < -0.4 is 29.0 Å². The van der Waals surface area contributed by atoms with E-state index in [1.54, 1.807) is 14.2 Å². The van der Waals surface area contributed by atoms with E-state index < -0.39 is 0 Å². The highest BCUT2D eigenvalue weighted by atomic mass is 16.6. The zero-order valence-corrected chi connectivity index (χ0v) is 24.2. The van der Waals surface area contributed by atoms with Gasteiger partial charge in [-0.15, -0.1) is 0 Å². The van der Waals surface area contributed by atoms with Crippen molar-refractivity contribution in [3.05, 3.63) is 94.0 Å². The molecule has 5 aliphatic rings. The summed E-state index contributed by atoms with van der Waals surface area (Å²) in [5.41, 5.74) is 7.33. The summed E-state index contributed by atoms with van der Waals surface area (Å²) in [4.78, 5) is 2.43. The number of nitrogens with one attached hydrogen (secondary N) is 1. The first-order valence-corrected chi connectivity index (χ1v) is 14.7. The van der Waals surface area contributed by atoms with E-state index in [2.05, 4.69) is 59.7 Å². The molecule has 5 aliphatic heterocycles. The van der Waals surface area contributed by atoms with Crippen LogP contribution in [-0.4, -0.2) is 39.3 Å². The summed E-state index contributed by atoms with van der Waals surface area (Å²) in [6.45, 7) is 1.85. The van der Waals surface area contributed by atoms with Crippen LogP contribution in [0.25, 0.3) is 0 Å². The lowest BCUT2D eigenvalue weighted by molar-refractivity contribution is 0.227. The first-order chi connectivity index (χ1) is 20.6. The van der Waals surface area contributed by atoms with E-state index in [9.17, 15) is 0 Å². The summed E-state index contributed by atoms with van der Waals surface area (Å²) >= 11 is 0. The summed E-state index contributed by atoms with van der Waals surface area (Å²) in [5.74, 6) is 5.85. The minimum atomic E-state index is 0.0671. The first-order valence-electron chi connectivity index (χ1n) is 14.7. The van der Waals surface area contributed by atoms with Crippen molar-refractivity contribution in [2.24, 2.45) is 0 Å². The van der Waals surface area contributed by atoms with Gasteiger partial charge in [0.1, 0.15) is 5.75 Å². The minimum absolute atomic E-state index is 0.0671. The number of nitrogens with zero attached hydrogens (tertiary/aromatic N) is 1. The average molecular weight is 563 g/mol. The molecule has 0 amide bonds. The van der Waals surface area contributed by atoms with Crippen LogP contribution in [0.4, 0.5) is 0 Å². The van der Waals surface area contributed by atoms with Crippen molar-refractivity contribution in [2.75, 3.05) is 34.4 Å². The maximum Gasteiger partial charge on any atom is 0.212 e. The zero-order valence-electron chi connectivity index (χ0n) is 24.2. The second kappa shape index (κ2) is 9.96. The number of benzene rings is 4. The third-order valence-electron chi connectivity index (χ3n) is 9.18. The standard InChI is InChI=1S/C35H34N2O5/c1-37-13-11-22-17-30-31-19-25(22)27(37)15-21-6-9-28(38-2)29(16-21)40-24-7-4-20(5-8-24)14-26-33-23(10-12-36-26)18-32(39-3)34(41-30)35(33)42-31/h4-9,16-19,26-27,36H,10-15H2,1-3H3/t26-,27?/m0/s1. The molecule has 42 heavy (non-hydrogen) atoms. The molecular weight excluding hydrogens is 528 g/mol. The quantitative estimate of drug-likeness (QED) is 0.251. The van der Waals surface area contributed by atoms with Crippen molar-refractivity contribution in [1.82, 2.24) is 10.2 Å². The molecule has 0 spiro atoms. The topological polar surface area (TPSA) is 61.4 Å². The van der Waals surface area contributed by atoms with Gasteiger partial charge in [-0.25, -0.2) is 0 Å². The molecule has 0 radical (unpaired) electrons. The summed E-state index contributed by atoms with van der Waals surface area (Å²) < 4.78 is 31.4. The molecule has 0 aromatic heterocycles. The fourth-order valence-electron chi connectivity index (χ4n) is 6.96. The maximum absolute atomic E-state index is 6.84. The number of likely N-dealkylation sites (N-methyl/N-ethyl adjacent to an activating group) is 1. The fraction of sp³-hybridized carbons (Fsp3) is 0.314. The number of fused-ring (bicyclic) bond motifs is 2. The Morgan fingerprint density at radius 2 is 1.52 bits per heavy atom. The van der Waals surface area contributed by atoms with Crippen LogP contribution in [0.15, 0.2) is 60.7 Å². The second-order valence-corrected chi connectivity index (χ2v) is 11.7. The Kier molecular flexibility index (Phi) is 6.05. The predicted molar refractivity (Wildman–Crippen MR) is 160 cm³/mol. The van der Waals surface area contributed by atoms with E-state index in [-0.39, 0.29) is 12.1 Å². The fourth-order valence-corrected chi connectivity index (χ4v) is 6.96. The Labute approximate surface area is 245 Å². The normalized spacial score (nSPS) is 20.1. The molecule has 1 unspecified atom stereocenters. The molecule has 9 rings (SSSR count). The van der Waals surface area contributed by atoms with Gasteiger partial charge in [0, 0.05) is 24.2 Å². The van der Waals surface area contributed by atoms with Crippen molar-refractivity contribution in [3.8, 4) is 46.0 Å². The van der Waals surface area contributed by atoms with Gasteiger partial charge < -0.3 is 29.0 Å². The van der Waals surface area contributed by atoms with Gasteiger partial charge in [-0.2, -0.15) is 0 Å². The Balaban J connectivity index is 1.32. The van der Waals surface area contributed by atoms with Crippen molar-refractivity contribution in [2.45, 2.75) is 37.8 Å². The van der Waals surface area contributed by atoms with Gasteiger partial charge in [0.2, 0.25) is 5.75 Å².